The van der Waals surface area contributed by atoms with Crippen molar-refractivity contribution >= 4 is 0 Å². The van der Waals surface area contributed by atoms with Crippen molar-refractivity contribution in [3.8, 4) is 11.5 Å². The number of phenolic OH excluding ortho intramolecular Hbond substituents is 1. The van der Waals surface area contributed by atoms with Crippen molar-refractivity contribution in [1.29, 1.82) is 0 Å². The number of para-hydroxylation sites is 2. The molecule has 106 valence electrons. The molecule has 1 aliphatic rings. The molecule has 2 heteroatoms. The minimum Gasteiger partial charge on any atom is -0.508 e. The van der Waals surface area contributed by atoms with Gasteiger partial charge in [-0.05, 0) is 49.9 Å². The van der Waals surface area contributed by atoms with E-state index in [1.165, 1.54) is 32.1 Å². The lowest BCUT2D eigenvalue weighted by molar-refractivity contribution is 0.155. The molecule has 20 heavy (non-hydrogen) atoms. The van der Waals surface area contributed by atoms with E-state index in [-0.39, 0.29) is 0 Å². The van der Waals surface area contributed by atoms with Crippen LogP contribution in [0.15, 0.2) is 60.7 Å². The van der Waals surface area contributed by atoms with Crippen molar-refractivity contribution in [3.63, 3.8) is 0 Å². The van der Waals surface area contributed by atoms with Gasteiger partial charge < -0.3 is 9.84 Å². The molecule has 1 N–H and O–H groups in total. The van der Waals surface area contributed by atoms with Gasteiger partial charge in [-0.2, -0.15) is 0 Å². The van der Waals surface area contributed by atoms with Crippen LogP contribution in [0.4, 0.5) is 0 Å². The number of hydrogen-bond donors (Lipinski definition) is 1. The Labute approximate surface area is 121 Å². The number of phenols is 1. The standard InChI is InChI=1S/C12H16O.C6H6O/c1-3-7-11(8-4-1)13-12-9-5-2-6-10-12;7-6-4-2-1-3-5-6/h1,3-4,7-8,12H,2,5-6,9-10H2;1-5,7H. The molecule has 0 spiro atoms. The third kappa shape index (κ3) is 5.35. The van der Waals surface area contributed by atoms with E-state index in [1.54, 1.807) is 24.3 Å². The van der Waals surface area contributed by atoms with Gasteiger partial charge in [0.2, 0.25) is 0 Å². The highest BCUT2D eigenvalue weighted by atomic mass is 16.5. The Hall–Kier alpha value is -1.96. The van der Waals surface area contributed by atoms with Crippen LogP contribution in [0.3, 0.4) is 0 Å². The third-order valence-electron chi connectivity index (χ3n) is 3.35. The molecule has 1 saturated carbocycles. The van der Waals surface area contributed by atoms with E-state index in [2.05, 4.69) is 0 Å². The molecule has 2 aromatic rings. The van der Waals surface area contributed by atoms with Gasteiger partial charge in [0.15, 0.2) is 0 Å². The summed E-state index contributed by atoms with van der Waals surface area (Å²) in [5.41, 5.74) is 0. The van der Waals surface area contributed by atoms with E-state index in [0.29, 0.717) is 11.9 Å². The fourth-order valence-corrected chi connectivity index (χ4v) is 2.30. The van der Waals surface area contributed by atoms with Gasteiger partial charge in [-0.1, -0.05) is 42.8 Å². The monoisotopic (exact) mass is 270 g/mol. The summed E-state index contributed by atoms with van der Waals surface area (Å²) >= 11 is 0. The molecule has 0 amide bonds. The Bertz CT molecular complexity index is 461. The molecule has 0 radical (unpaired) electrons. The van der Waals surface area contributed by atoms with Gasteiger partial charge >= 0.3 is 0 Å². The van der Waals surface area contributed by atoms with Gasteiger partial charge in [0, 0.05) is 0 Å². The van der Waals surface area contributed by atoms with E-state index in [9.17, 15) is 0 Å². The van der Waals surface area contributed by atoms with Gasteiger partial charge in [0.1, 0.15) is 11.5 Å². The Morgan fingerprint density at radius 1 is 0.750 bits per heavy atom. The fourth-order valence-electron chi connectivity index (χ4n) is 2.30. The smallest absolute Gasteiger partial charge is 0.119 e. The van der Waals surface area contributed by atoms with Crippen LogP contribution >= 0.6 is 0 Å². The van der Waals surface area contributed by atoms with Gasteiger partial charge in [-0.3, -0.25) is 0 Å². The van der Waals surface area contributed by atoms with Crippen LogP contribution in [0, 0.1) is 0 Å². The SMILES string of the molecule is Oc1ccccc1.c1ccc(OC2CCCCC2)cc1. The molecule has 0 aromatic heterocycles. The second-order valence-corrected chi connectivity index (χ2v) is 5.03. The third-order valence-corrected chi connectivity index (χ3v) is 3.35. The van der Waals surface area contributed by atoms with Crippen molar-refractivity contribution in [2.45, 2.75) is 38.2 Å². The Morgan fingerprint density at radius 2 is 1.30 bits per heavy atom. The van der Waals surface area contributed by atoms with Crippen molar-refractivity contribution in [3.05, 3.63) is 60.7 Å². The van der Waals surface area contributed by atoms with Gasteiger partial charge in [-0.15, -0.1) is 0 Å². The summed E-state index contributed by atoms with van der Waals surface area (Å²) in [6.07, 6.45) is 6.98. The average Bonchev–Trinajstić information content (AvgIpc) is 2.51. The average molecular weight is 270 g/mol. The van der Waals surface area contributed by atoms with Crippen LogP contribution in [0.5, 0.6) is 11.5 Å². The quantitative estimate of drug-likeness (QED) is 0.850. The first-order valence-electron chi connectivity index (χ1n) is 7.30. The summed E-state index contributed by atoms with van der Waals surface area (Å²) in [5, 5.41) is 8.63. The number of aromatic hydroxyl groups is 1. The highest BCUT2D eigenvalue weighted by Gasteiger charge is 2.14. The molecule has 0 heterocycles. The molecule has 1 aliphatic carbocycles. The normalized spacial score (nSPS) is 15.0. The van der Waals surface area contributed by atoms with E-state index in [4.69, 9.17) is 9.84 Å². The zero-order chi connectivity index (χ0) is 14.0. The molecule has 1 fully saturated rings. The van der Waals surface area contributed by atoms with E-state index >= 15 is 0 Å². The zero-order valence-electron chi connectivity index (χ0n) is 11.7. The number of benzene rings is 2. The van der Waals surface area contributed by atoms with Crippen molar-refractivity contribution in [1.82, 2.24) is 0 Å². The lowest BCUT2D eigenvalue weighted by atomic mass is 9.98. The lowest BCUT2D eigenvalue weighted by Crippen LogP contribution is -2.19. The molecular formula is C18H22O2. The number of rotatable bonds is 2. The van der Waals surface area contributed by atoms with Crippen LogP contribution < -0.4 is 4.74 Å². The molecule has 0 aliphatic heterocycles. The molecule has 0 bridgehead atoms. The van der Waals surface area contributed by atoms with Crippen LogP contribution in [0.25, 0.3) is 0 Å². The summed E-state index contributed by atoms with van der Waals surface area (Å²) in [6.45, 7) is 0. The molecule has 2 aromatic carbocycles. The van der Waals surface area contributed by atoms with Crippen LogP contribution in [-0.2, 0) is 0 Å². The maximum atomic E-state index is 8.63. The summed E-state index contributed by atoms with van der Waals surface area (Å²) in [7, 11) is 0. The summed E-state index contributed by atoms with van der Waals surface area (Å²) in [5.74, 6) is 1.34. The van der Waals surface area contributed by atoms with Gasteiger partial charge in [0.25, 0.3) is 0 Å². The first-order valence-corrected chi connectivity index (χ1v) is 7.30. The maximum Gasteiger partial charge on any atom is 0.119 e. The summed E-state index contributed by atoms with van der Waals surface area (Å²) < 4.78 is 5.86. The predicted molar refractivity (Wildman–Crippen MR) is 82.0 cm³/mol. The Balaban J connectivity index is 0.000000178. The first-order chi connectivity index (χ1) is 9.84. The minimum absolute atomic E-state index is 0.322. The van der Waals surface area contributed by atoms with Crippen LogP contribution in [0.1, 0.15) is 32.1 Å². The van der Waals surface area contributed by atoms with Gasteiger partial charge in [0.05, 0.1) is 6.10 Å². The van der Waals surface area contributed by atoms with Crippen molar-refractivity contribution in [2.75, 3.05) is 0 Å². The lowest BCUT2D eigenvalue weighted by Gasteiger charge is -2.22. The second-order valence-electron chi connectivity index (χ2n) is 5.03. The molecule has 2 nitrogen and oxygen atoms in total. The topological polar surface area (TPSA) is 29.5 Å². The molecular weight excluding hydrogens is 248 g/mol. The first kappa shape index (κ1) is 14.4. The van der Waals surface area contributed by atoms with Crippen LogP contribution in [0.2, 0.25) is 0 Å². The van der Waals surface area contributed by atoms with Gasteiger partial charge in [-0.25, -0.2) is 0 Å². The number of hydrogen-bond acceptors (Lipinski definition) is 2. The van der Waals surface area contributed by atoms with E-state index in [1.807, 2.05) is 36.4 Å². The molecule has 0 saturated heterocycles. The van der Waals surface area contributed by atoms with E-state index < -0.39 is 0 Å². The predicted octanol–water partition coefficient (Wildman–Crippen LogP) is 4.79. The molecule has 0 atom stereocenters. The summed E-state index contributed by atoms with van der Waals surface area (Å²) in [4.78, 5) is 0. The van der Waals surface area contributed by atoms with Crippen molar-refractivity contribution in [2.24, 2.45) is 0 Å². The van der Waals surface area contributed by atoms with Crippen molar-refractivity contribution < 1.29 is 9.84 Å². The highest BCUT2D eigenvalue weighted by molar-refractivity contribution is 5.21. The molecule has 3 rings (SSSR count). The Kier molecular flexibility index (Phi) is 5.97. The fraction of sp³-hybridized carbons (Fsp3) is 0.333. The summed E-state index contributed by atoms with van der Waals surface area (Å²) in [6, 6.07) is 18.9. The minimum atomic E-state index is 0.322. The van der Waals surface area contributed by atoms with Crippen LogP contribution in [-0.4, -0.2) is 11.2 Å². The molecule has 0 unspecified atom stereocenters. The maximum absolute atomic E-state index is 8.63. The number of ether oxygens (including phenoxy) is 1. The Morgan fingerprint density at radius 3 is 1.80 bits per heavy atom. The largest absolute Gasteiger partial charge is 0.508 e. The second kappa shape index (κ2) is 8.26. The zero-order valence-corrected chi connectivity index (χ0v) is 11.7. The highest BCUT2D eigenvalue weighted by Crippen LogP contribution is 2.22. The van der Waals surface area contributed by atoms with E-state index in [0.717, 1.165) is 5.75 Å².